The van der Waals surface area contributed by atoms with Crippen molar-refractivity contribution < 1.29 is 23.9 Å². The SMILES string of the molecule is COc1ccc(B(O)O)cc1COc1ccc(F)cc1. The zero-order valence-electron chi connectivity index (χ0n) is 10.9. The fourth-order valence-corrected chi connectivity index (χ4v) is 1.76. The molecule has 0 saturated heterocycles. The van der Waals surface area contributed by atoms with Crippen molar-refractivity contribution in [3.63, 3.8) is 0 Å². The molecule has 2 aromatic rings. The highest BCUT2D eigenvalue weighted by Crippen LogP contribution is 2.20. The molecule has 0 saturated carbocycles. The molecule has 0 aliphatic heterocycles. The van der Waals surface area contributed by atoms with Gasteiger partial charge < -0.3 is 19.5 Å². The Hall–Kier alpha value is -2.05. The Bertz CT molecular complexity index is 572. The molecule has 104 valence electrons. The lowest BCUT2D eigenvalue weighted by Gasteiger charge is -2.12. The summed E-state index contributed by atoms with van der Waals surface area (Å²) < 4.78 is 23.5. The summed E-state index contributed by atoms with van der Waals surface area (Å²) in [4.78, 5) is 0. The minimum atomic E-state index is -1.55. The van der Waals surface area contributed by atoms with E-state index in [9.17, 15) is 4.39 Å². The Morgan fingerprint density at radius 1 is 1.10 bits per heavy atom. The molecule has 0 aromatic heterocycles. The van der Waals surface area contributed by atoms with Gasteiger partial charge in [-0.05, 0) is 35.8 Å². The molecule has 2 aromatic carbocycles. The molecule has 2 N–H and O–H groups in total. The molecule has 4 nitrogen and oxygen atoms in total. The largest absolute Gasteiger partial charge is 0.496 e. The van der Waals surface area contributed by atoms with Crippen molar-refractivity contribution in [2.24, 2.45) is 0 Å². The summed E-state index contributed by atoms with van der Waals surface area (Å²) in [5.41, 5.74) is 1.02. The van der Waals surface area contributed by atoms with Crippen molar-refractivity contribution in [1.29, 1.82) is 0 Å². The molecule has 6 heteroatoms. The predicted octanol–water partition coefficient (Wildman–Crippen LogP) is 1.09. The van der Waals surface area contributed by atoms with Gasteiger partial charge in [-0.15, -0.1) is 0 Å². The van der Waals surface area contributed by atoms with E-state index in [1.54, 1.807) is 18.2 Å². The molecule has 0 spiro atoms. The van der Waals surface area contributed by atoms with Crippen LogP contribution in [0.4, 0.5) is 4.39 Å². The van der Waals surface area contributed by atoms with E-state index in [1.165, 1.54) is 31.4 Å². The maximum Gasteiger partial charge on any atom is 0.488 e. The summed E-state index contributed by atoms with van der Waals surface area (Å²) >= 11 is 0. The lowest BCUT2D eigenvalue weighted by molar-refractivity contribution is 0.296. The van der Waals surface area contributed by atoms with Crippen LogP contribution in [0.25, 0.3) is 0 Å². The van der Waals surface area contributed by atoms with E-state index in [-0.39, 0.29) is 12.4 Å². The van der Waals surface area contributed by atoms with Crippen molar-refractivity contribution in [3.8, 4) is 11.5 Å². The van der Waals surface area contributed by atoms with Gasteiger partial charge in [0.25, 0.3) is 0 Å². The molecule has 20 heavy (non-hydrogen) atoms. The van der Waals surface area contributed by atoms with Crippen LogP contribution >= 0.6 is 0 Å². The predicted molar refractivity (Wildman–Crippen MR) is 73.6 cm³/mol. The molecule has 0 amide bonds. The van der Waals surface area contributed by atoms with E-state index in [1.807, 2.05) is 0 Å². The number of rotatable bonds is 5. The maximum atomic E-state index is 12.8. The van der Waals surface area contributed by atoms with E-state index in [0.717, 1.165) is 0 Å². The molecular formula is C14H14BFO4. The monoisotopic (exact) mass is 276 g/mol. The Balaban J connectivity index is 2.14. The lowest BCUT2D eigenvalue weighted by atomic mass is 9.79. The average Bonchev–Trinajstić information content (AvgIpc) is 2.46. The first-order valence-corrected chi connectivity index (χ1v) is 6.01. The van der Waals surface area contributed by atoms with Crippen molar-refractivity contribution in [2.45, 2.75) is 6.61 Å². The van der Waals surface area contributed by atoms with E-state index in [4.69, 9.17) is 19.5 Å². The Kier molecular flexibility index (Phi) is 4.60. The quantitative estimate of drug-likeness (QED) is 0.803. The molecule has 2 rings (SSSR count). The third-order valence-corrected chi connectivity index (χ3v) is 2.81. The highest BCUT2D eigenvalue weighted by atomic mass is 19.1. The van der Waals surface area contributed by atoms with Crippen LogP contribution in [-0.2, 0) is 6.61 Å². The summed E-state index contributed by atoms with van der Waals surface area (Å²) in [5.74, 6) is 0.764. The number of methoxy groups -OCH3 is 1. The van der Waals surface area contributed by atoms with E-state index in [2.05, 4.69) is 0 Å². The minimum absolute atomic E-state index is 0.176. The summed E-state index contributed by atoms with van der Waals surface area (Å²) in [6.45, 7) is 0.176. The van der Waals surface area contributed by atoms with Crippen LogP contribution in [0.3, 0.4) is 0 Å². The zero-order chi connectivity index (χ0) is 14.5. The summed E-state index contributed by atoms with van der Waals surface area (Å²) in [6.07, 6.45) is 0. The van der Waals surface area contributed by atoms with Crippen LogP contribution in [0.1, 0.15) is 5.56 Å². The van der Waals surface area contributed by atoms with Crippen molar-refractivity contribution >= 4 is 12.6 Å². The number of benzene rings is 2. The average molecular weight is 276 g/mol. The second kappa shape index (κ2) is 6.41. The topological polar surface area (TPSA) is 58.9 Å². The van der Waals surface area contributed by atoms with Gasteiger partial charge >= 0.3 is 7.12 Å². The van der Waals surface area contributed by atoms with Gasteiger partial charge in [0, 0.05) is 5.56 Å². The highest BCUT2D eigenvalue weighted by Gasteiger charge is 2.14. The third-order valence-electron chi connectivity index (χ3n) is 2.81. The van der Waals surface area contributed by atoms with Crippen LogP contribution in [-0.4, -0.2) is 24.3 Å². The van der Waals surface area contributed by atoms with Crippen LogP contribution in [0.15, 0.2) is 42.5 Å². The van der Waals surface area contributed by atoms with Gasteiger partial charge in [0.2, 0.25) is 0 Å². The van der Waals surface area contributed by atoms with Crippen molar-refractivity contribution in [2.75, 3.05) is 7.11 Å². The van der Waals surface area contributed by atoms with Crippen molar-refractivity contribution in [3.05, 3.63) is 53.8 Å². The van der Waals surface area contributed by atoms with Crippen LogP contribution in [0, 0.1) is 5.82 Å². The van der Waals surface area contributed by atoms with Crippen LogP contribution < -0.4 is 14.9 Å². The summed E-state index contributed by atoms with van der Waals surface area (Å²) in [5, 5.41) is 18.3. The Morgan fingerprint density at radius 3 is 2.40 bits per heavy atom. The van der Waals surface area contributed by atoms with Gasteiger partial charge in [0.1, 0.15) is 23.9 Å². The maximum absolute atomic E-state index is 12.8. The minimum Gasteiger partial charge on any atom is -0.496 e. The van der Waals surface area contributed by atoms with Gasteiger partial charge in [0.15, 0.2) is 0 Å². The van der Waals surface area contributed by atoms with E-state index in [0.29, 0.717) is 22.5 Å². The first-order chi connectivity index (χ1) is 9.60. The molecule has 0 bridgehead atoms. The molecule has 0 aliphatic carbocycles. The third kappa shape index (κ3) is 3.49. The number of hydrogen-bond donors (Lipinski definition) is 2. The Morgan fingerprint density at radius 2 is 1.80 bits per heavy atom. The number of ether oxygens (including phenoxy) is 2. The smallest absolute Gasteiger partial charge is 0.488 e. The normalized spacial score (nSPS) is 10.2. The van der Waals surface area contributed by atoms with Gasteiger partial charge in [0.05, 0.1) is 7.11 Å². The molecule has 0 radical (unpaired) electrons. The van der Waals surface area contributed by atoms with E-state index < -0.39 is 7.12 Å². The summed E-state index contributed by atoms with van der Waals surface area (Å²) in [6, 6.07) is 10.4. The fraction of sp³-hybridized carbons (Fsp3) is 0.143. The first kappa shape index (κ1) is 14.4. The molecular weight excluding hydrogens is 262 g/mol. The van der Waals surface area contributed by atoms with Crippen molar-refractivity contribution in [1.82, 2.24) is 0 Å². The second-order valence-corrected chi connectivity index (χ2v) is 4.19. The molecule has 0 heterocycles. The zero-order valence-corrected chi connectivity index (χ0v) is 10.9. The number of hydrogen-bond acceptors (Lipinski definition) is 4. The van der Waals surface area contributed by atoms with Gasteiger partial charge in [-0.2, -0.15) is 0 Å². The standard InChI is InChI=1S/C14H14BFO4/c1-19-14-7-2-11(15(17)18)8-10(14)9-20-13-5-3-12(16)4-6-13/h2-8,17-18H,9H2,1H3. The molecule has 0 atom stereocenters. The van der Waals surface area contributed by atoms with Gasteiger partial charge in [-0.25, -0.2) is 4.39 Å². The molecule has 0 fully saturated rings. The lowest BCUT2D eigenvalue weighted by Crippen LogP contribution is -2.30. The molecule has 0 unspecified atom stereocenters. The second-order valence-electron chi connectivity index (χ2n) is 4.19. The van der Waals surface area contributed by atoms with Gasteiger partial charge in [-0.1, -0.05) is 12.1 Å². The molecule has 0 aliphatic rings. The van der Waals surface area contributed by atoms with Crippen LogP contribution in [0.5, 0.6) is 11.5 Å². The first-order valence-electron chi connectivity index (χ1n) is 6.01. The number of halogens is 1. The highest BCUT2D eigenvalue weighted by molar-refractivity contribution is 6.58. The van der Waals surface area contributed by atoms with Crippen LogP contribution in [0.2, 0.25) is 0 Å². The van der Waals surface area contributed by atoms with Gasteiger partial charge in [-0.3, -0.25) is 0 Å². The fourth-order valence-electron chi connectivity index (χ4n) is 1.76. The summed E-state index contributed by atoms with van der Waals surface area (Å²) in [7, 11) is -0.0309. The van der Waals surface area contributed by atoms with E-state index >= 15 is 0 Å². The Labute approximate surface area is 116 Å².